The van der Waals surface area contributed by atoms with Crippen molar-refractivity contribution in [3.63, 3.8) is 0 Å². The smallest absolute Gasteiger partial charge is 0.146 e. The molecule has 0 aromatic heterocycles. The molecule has 2 fully saturated rings. The molecular formula is C21H30O3. The van der Waals surface area contributed by atoms with Gasteiger partial charge in [0, 0.05) is 0 Å². The summed E-state index contributed by atoms with van der Waals surface area (Å²) in [5.74, 6) is 0.545. The number of hydrogen-bond donors (Lipinski definition) is 1. The van der Waals surface area contributed by atoms with E-state index in [4.69, 9.17) is 0 Å². The molecule has 132 valence electrons. The summed E-state index contributed by atoms with van der Waals surface area (Å²) in [7, 11) is 0. The standard InChI is InChI=1S/C21H30O3/c1-14-11-15(12-22)5-6-17-20(4)9-8-18(24)19(2,3)16(20)7-10-21(14,17)13-23/h5,12-13,16-18,24H,1,6-11H2,2-4H3. The summed E-state index contributed by atoms with van der Waals surface area (Å²) in [6.07, 6.45) is 8.49. The van der Waals surface area contributed by atoms with Crippen molar-refractivity contribution >= 4 is 12.6 Å². The molecule has 0 aromatic rings. The van der Waals surface area contributed by atoms with E-state index in [1.54, 1.807) is 0 Å². The van der Waals surface area contributed by atoms with Gasteiger partial charge in [0.1, 0.15) is 12.6 Å². The molecule has 3 aliphatic rings. The number of allylic oxidation sites excluding steroid dienone is 3. The fourth-order valence-corrected chi connectivity index (χ4v) is 6.31. The van der Waals surface area contributed by atoms with Crippen molar-refractivity contribution in [3.8, 4) is 0 Å². The summed E-state index contributed by atoms with van der Waals surface area (Å²) in [6.45, 7) is 10.9. The molecule has 1 N–H and O–H groups in total. The quantitative estimate of drug-likeness (QED) is 0.618. The van der Waals surface area contributed by atoms with Crippen LogP contribution in [0.1, 0.15) is 59.3 Å². The van der Waals surface area contributed by atoms with E-state index < -0.39 is 5.41 Å². The number of fused-ring (bicyclic) bond motifs is 3. The number of carbonyl (C=O) groups excluding carboxylic acids is 2. The second-order valence-electron chi connectivity index (χ2n) is 9.10. The minimum atomic E-state index is -0.523. The van der Waals surface area contributed by atoms with Crippen LogP contribution in [0.5, 0.6) is 0 Å². The van der Waals surface area contributed by atoms with Gasteiger partial charge < -0.3 is 9.90 Å². The van der Waals surface area contributed by atoms with Crippen LogP contribution in [0.2, 0.25) is 0 Å². The summed E-state index contributed by atoms with van der Waals surface area (Å²) in [4.78, 5) is 23.6. The maximum absolute atomic E-state index is 12.3. The van der Waals surface area contributed by atoms with Crippen LogP contribution in [0, 0.1) is 28.1 Å². The van der Waals surface area contributed by atoms with E-state index in [-0.39, 0.29) is 22.9 Å². The second kappa shape index (κ2) is 5.66. The van der Waals surface area contributed by atoms with Crippen molar-refractivity contribution in [2.45, 2.75) is 65.4 Å². The van der Waals surface area contributed by atoms with E-state index in [2.05, 4.69) is 27.4 Å². The summed E-state index contributed by atoms with van der Waals surface area (Å²) >= 11 is 0. The molecule has 0 aliphatic heterocycles. The van der Waals surface area contributed by atoms with E-state index >= 15 is 0 Å². The fourth-order valence-electron chi connectivity index (χ4n) is 6.31. The van der Waals surface area contributed by atoms with Crippen LogP contribution in [0.25, 0.3) is 0 Å². The molecule has 3 rings (SSSR count). The molecule has 0 radical (unpaired) electrons. The molecular weight excluding hydrogens is 300 g/mol. The van der Waals surface area contributed by atoms with Crippen molar-refractivity contribution in [2.24, 2.45) is 28.1 Å². The SMILES string of the molecule is C=C1CC(C=O)=CCC2C1(C=O)CCC1C(C)(C)C(O)CCC21C. The molecule has 3 aliphatic carbocycles. The molecule has 0 bridgehead atoms. The fraction of sp³-hybridized carbons (Fsp3) is 0.714. The molecule has 0 amide bonds. The molecule has 5 unspecified atom stereocenters. The van der Waals surface area contributed by atoms with Crippen LogP contribution < -0.4 is 0 Å². The van der Waals surface area contributed by atoms with Gasteiger partial charge in [-0.15, -0.1) is 0 Å². The maximum Gasteiger partial charge on any atom is 0.146 e. The van der Waals surface area contributed by atoms with Crippen molar-refractivity contribution < 1.29 is 14.7 Å². The number of aldehydes is 2. The summed E-state index contributed by atoms with van der Waals surface area (Å²) < 4.78 is 0. The Labute approximate surface area is 145 Å². The predicted molar refractivity (Wildman–Crippen MR) is 94.4 cm³/mol. The first kappa shape index (κ1) is 17.6. The Balaban J connectivity index is 2.10. The van der Waals surface area contributed by atoms with Crippen LogP contribution in [0.4, 0.5) is 0 Å². The Bertz CT molecular complexity index is 602. The zero-order valence-electron chi connectivity index (χ0n) is 15.2. The number of aliphatic hydroxyl groups excluding tert-OH is 1. The van der Waals surface area contributed by atoms with Gasteiger partial charge in [-0.05, 0) is 66.8 Å². The highest BCUT2D eigenvalue weighted by Crippen LogP contribution is 2.66. The lowest BCUT2D eigenvalue weighted by atomic mass is 9.41. The van der Waals surface area contributed by atoms with Gasteiger partial charge in [0.05, 0.1) is 11.5 Å². The zero-order chi connectivity index (χ0) is 17.8. The van der Waals surface area contributed by atoms with E-state index in [0.717, 1.165) is 55.8 Å². The highest BCUT2D eigenvalue weighted by atomic mass is 16.3. The lowest BCUT2D eigenvalue weighted by Gasteiger charge is -2.63. The van der Waals surface area contributed by atoms with E-state index in [1.165, 1.54) is 0 Å². The van der Waals surface area contributed by atoms with Crippen LogP contribution >= 0.6 is 0 Å². The normalized spacial score (nSPS) is 44.6. The van der Waals surface area contributed by atoms with Gasteiger partial charge in [0.15, 0.2) is 0 Å². The van der Waals surface area contributed by atoms with Crippen molar-refractivity contribution in [1.29, 1.82) is 0 Å². The average molecular weight is 330 g/mol. The lowest BCUT2D eigenvalue weighted by Crippen LogP contribution is -2.59. The molecule has 0 saturated heterocycles. The topological polar surface area (TPSA) is 54.4 Å². The van der Waals surface area contributed by atoms with Gasteiger partial charge in [-0.25, -0.2) is 0 Å². The largest absolute Gasteiger partial charge is 0.393 e. The third kappa shape index (κ3) is 2.20. The number of aliphatic hydroxyl groups is 1. The molecule has 0 heterocycles. The lowest BCUT2D eigenvalue weighted by molar-refractivity contribution is -0.167. The minimum absolute atomic E-state index is 0.0142. The Morgan fingerprint density at radius 3 is 2.50 bits per heavy atom. The summed E-state index contributed by atoms with van der Waals surface area (Å²) in [6, 6.07) is 0. The first-order chi connectivity index (χ1) is 11.2. The molecule has 3 nitrogen and oxygen atoms in total. The Kier molecular flexibility index (Phi) is 4.15. The Hall–Kier alpha value is -1.22. The first-order valence-electron chi connectivity index (χ1n) is 9.19. The Morgan fingerprint density at radius 2 is 1.88 bits per heavy atom. The van der Waals surface area contributed by atoms with Gasteiger partial charge in [-0.3, -0.25) is 4.79 Å². The van der Waals surface area contributed by atoms with Crippen molar-refractivity contribution in [3.05, 3.63) is 23.8 Å². The zero-order valence-corrected chi connectivity index (χ0v) is 15.2. The summed E-state index contributed by atoms with van der Waals surface area (Å²) in [5, 5.41) is 10.6. The van der Waals surface area contributed by atoms with Crippen molar-refractivity contribution in [1.82, 2.24) is 0 Å². The number of hydrogen-bond acceptors (Lipinski definition) is 3. The highest BCUT2D eigenvalue weighted by Gasteiger charge is 2.62. The second-order valence-corrected chi connectivity index (χ2v) is 9.10. The molecule has 0 aromatic carbocycles. The predicted octanol–water partition coefficient (Wildman–Crippen LogP) is 3.86. The minimum Gasteiger partial charge on any atom is -0.393 e. The first-order valence-corrected chi connectivity index (χ1v) is 9.19. The molecule has 3 heteroatoms. The van der Waals surface area contributed by atoms with E-state index in [0.29, 0.717) is 12.3 Å². The summed E-state index contributed by atoms with van der Waals surface area (Å²) in [5.41, 5.74) is 0.977. The van der Waals surface area contributed by atoms with Crippen molar-refractivity contribution in [2.75, 3.05) is 0 Å². The molecule has 2 saturated carbocycles. The third-order valence-electron chi connectivity index (χ3n) is 7.83. The van der Waals surface area contributed by atoms with Crippen LogP contribution in [-0.4, -0.2) is 23.8 Å². The maximum atomic E-state index is 12.3. The highest BCUT2D eigenvalue weighted by molar-refractivity contribution is 5.76. The van der Waals surface area contributed by atoms with Crippen LogP contribution in [0.15, 0.2) is 23.8 Å². The van der Waals surface area contributed by atoms with Gasteiger partial charge in [-0.1, -0.05) is 39.0 Å². The van der Waals surface area contributed by atoms with Gasteiger partial charge in [0.2, 0.25) is 0 Å². The van der Waals surface area contributed by atoms with E-state index in [1.807, 2.05) is 6.08 Å². The monoisotopic (exact) mass is 330 g/mol. The molecule has 5 atom stereocenters. The number of carbonyl (C=O) groups is 2. The third-order valence-corrected chi connectivity index (χ3v) is 7.83. The van der Waals surface area contributed by atoms with Gasteiger partial charge in [-0.2, -0.15) is 0 Å². The van der Waals surface area contributed by atoms with Gasteiger partial charge >= 0.3 is 0 Å². The average Bonchev–Trinajstić information content (AvgIpc) is 2.69. The van der Waals surface area contributed by atoms with Gasteiger partial charge in [0.25, 0.3) is 0 Å². The number of rotatable bonds is 2. The van der Waals surface area contributed by atoms with E-state index in [9.17, 15) is 14.7 Å². The Morgan fingerprint density at radius 1 is 1.17 bits per heavy atom. The van der Waals surface area contributed by atoms with Crippen LogP contribution in [-0.2, 0) is 9.59 Å². The molecule has 24 heavy (non-hydrogen) atoms. The molecule has 0 spiro atoms. The van der Waals surface area contributed by atoms with Crippen LogP contribution in [0.3, 0.4) is 0 Å².